The van der Waals surface area contributed by atoms with E-state index in [1.165, 1.54) is 11.1 Å². The summed E-state index contributed by atoms with van der Waals surface area (Å²) in [5.74, 6) is 0.674. The van der Waals surface area contributed by atoms with Crippen LogP contribution >= 0.6 is 0 Å². The van der Waals surface area contributed by atoms with Gasteiger partial charge in [-0.15, -0.1) is 0 Å². The third kappa shape index (κ3) is 3.46. The van der Waals surface area contributed by atoms with Crippen LogP contribution in [0.5, 0.6) is 0 Å². The Morgan fingerprint density at radius 3 is 2.57 bits per heavy atom. The molecule has 1 N–H and O–H groups in total. The van der Waals surface area contributed by atoms with Crippen molar-refractivity contribution in [2.24, 2.45) is 5.92 Å². The Bertz CT molecular complexity index is 281. The Balaban J connectivity index is 2.45. The number of rotatable bonds is 4. The van der Waals surface area contributed by atoms with Crippen LogP contribution < -0.4 is 5.32 Å². The average molecular weight is 192 g/mol. The van der Waals surface area contributed by atoms with Gasteiger partial charge >= 0.3 is 0 Å². The van der Waals surface area contributed by atoms with Gasteiger partial charge in [0, 0.05) is 25.0 Å². The number of aromatic nitrogens is 1. The Morgan fingerprint density at radius 2 is 2.00 bits per heavy atom. The minimum absolute atomic E-state index is 0.551. The van der Waals surface area contributed by atoms with Crippen LogP contribution in [-0.2, 0) is 6.54 Å². The molecule has 0 aliphatic carbocycles. The second kappa shape index (κ2) is 5.11. The molecule has 1 heterocycles. The molecule has 1 aromatic heterocycles. The fourth-order valence-electron chi connectivity index (χ4n) is 1.23. The van der Waals surface area contributed by atoms with Crippen LogP contribution in [0, 0.1) is 12.8 Å². The van der Waals surface area contributed by atoms with Gasteiger partial charge in [0.2, 0.25) is 0 Å². The predicted octanol–water partition coefficient (Wildman–Crippen LogP) is 2.52. The summed E-state index contributed by atoms with van der Waals surface area (Å²) in [6, 6.07) is 2.73. The normalized spacial score (nSPS) is 13.2. The fourth-order valence-corrected chi connectivity index (χ4v) is 1.23. The third-order valence-electron chi connectivity index (χ3n) is 2.56. The van der Waals surface area contributed by atoms with Crippen LogP contribution in [0.1, 0.15) is 31.9 Å². The number of pyridine rings is 1. The zero-order chi connectivity index (χ0) is 10.6. The van der Waals surface area contributed by atoms with Crippen molar-refractivity contribution in [3.63, 3.8) is 0 Å². The van der Waals surface area contributed by atoms with Crippen molar-refractivity contribution in [3.8, 4) is 0 Å². The second-order valence-electron chi connectivity index (χ2n) is 4.28. The lowest BCUT2D eigenvalue weighted by molar-refractivity contribution is 0.426. The highest BCUT2D eigenvalue weighted by Gasteiger charge is 2.05. The van der Waals surface area contributed by atoms with Gasteiger partial charge in [0.25, 0.3) is 0 Å². The van der Waals surface area contributed by atoms with Gasteiger partial charge in [0.15, 0.2) is 0 Å². The highest BCUT2D eigenvalue weighted by molar-refractivity contribution is 5.16. The topological polar surface area (TPSA) is 24.9 Å². The quantitative estimate of drug-likeness (QED) is 0.793. The number of nitrogens with zero attached hydrogens (tertiary/aromatic N) is 1. The summed E-state index contributed by atoms with van der Waals surface area (Å²) in [6.45, 7) is 9.66. The van der Waals surface area contributed by atoms with Crippen molar-refractivity contribution in [2.45, 2.75) is 40.3 Å². The predicted molar refractivity (Wildman–Crippen MR) is 60.1 cm³/mol. The molecular formula is C12H20N2. The molecule has 14 heavy (non-hydrogen) atoms. The van der Waals surface area contributed by atoms with E-state index >= 15 is 0 Å². The summed E-state index contributed by atoms with van der Waals surface area (Å²) in [4.78, 5) is 4.17. The van der Waals surface area contributed by atoms with Crippen molar-refractivity contribution >= 4 is 0 Å². The molecule has 78 valence electrons. The zero-order valence-corrected chi connectivity index (χ0v) is 9.54. The molecule has 0 aliphatic heterocycles. The molecule has 2 heteroatoms. The molecule has 0 saturated carbocycles. The van der Waals surface area contributed by atoms with E-state index in [4.69, 9.17) is 0 Å². The first-order valence-electron chi connectivity index (χ1n) is 5.23. The minimum Gasteiger partial charge on any atom is -0.310 e. The van der Waals surface area contributed by atoms with Crippen LogP contribution in [0.3, 0.4) is 0 Å². The molecule has 0 aromatic carbocycles. The van der Waals surface area contributed by atoms with Crippen molar-refractivity contribution < 1.29 is 0 Å². The Labute approximate surface area is 86.8 Å². The van der Waals surface area contributed by atoms with Crippen LogP contribution in [0.2, 0.25) is 0 Å². The first kappa shape index (κ1) is 11.2. The maximum Gasteiger partial charge on any atom is 0.0313 e. The van der Waals surface area contributed by atoms with E-state index < -0.39 is 0 Å². The smallest absolute Gasteiger partial charge is 0.0313 e. The standard InChI is InChI=1S/C12H20N2/c1-9(2)11(4)14-8-12-5-10(3)6-13-7-12/h5-7,9,11,14H,8H2,1-4H3. The monoisotopic (exact) mass is 192 g/mol. The summed E-state index contributed by atoms with van der Waals surface area (Å²) < 4.78 is 0. The van der Waals surface area contributed by atoms with Crippen LogP contribution in [0.25, 0.3) is 0 Å². The van der Waals surface area contributed by atoms with Gasteiger partial charge in [-0.2, -0.15) is 0 Å². The van der Waals surface area contributed by atoms with Gasteiger partial charge in [-0.3, -0.25) is 4.98 Å². The van der Waals surface area contributed by atoms with Crippen LogP contribution in [-0.4, -0.2) is 11.0 Å². The van der Waals surface area contributed by atoms with Gasteiger partial charge in [-0.05, 0) is 30.9 Å². The zero-order valence-electron chi connectivity index (χ0n) is 9.54. The summed E-state index contributed by atoms with van der Waals surface area (Å²) in [5, 5.41) is 3.49. The lowest BCUT2D eigenvalue weighted by Gasteiger charge is -2.17. The molecule has 0 saturated heterocycles. The number of hydrogen-bond acceptors (Lipinski definition) is 2. The number of hydrogen-bond donors (Lipinski definition) is 1. The highest BCUT2D eigenvalue weighted by atomic mass is 14.9. The first-order chi connectivity index (χ1) is 6.59. The summed E-state index contributed by atoms with van der Waals surface area (Å²) in [5.41, 5.74) is 2.49. The molecule has 1 rings (SSSR count). The van der Waals surface area contributed by atoms with Gasteiger partial charge in [-0.1, -0.05) is 19.9 Å². The van der Waals surface area contributed by atoms with Gasteiger partial charge in [-0.25, -0.2) is 0 Å². The summed E-state index contributed by atoms with van der Waals surface area (Å²) in [6.07, 6.45) is 3.81. The number of nitrogens with one attached hydrogen (secondary N) is 1. The Hall–Kier alpha value is -0.890. The molecule has 1 unspecified atom stereocenters. The van der Waals surface area contributed by atoms with Gasteiger partial charge in [0.1, 0.15) is 0 Å². The van der Waals surface area contributed by atoms with Crippen molar-refractivity contribution in [3.05, 3.63) is 29.6 Å². The second-order valence-corrected chi connectivity index (χ2v) is 4.28. The molecule has 0 fully saturated rings. The SMILES string of the molecule is Cc1cncc(CNC(C)C(C)C)c1. The van der Waals surface area contributed by atoms with Gasteiger partial charge in [0.05, 0.1) is 0 Å². The van der Waals surface area contributed by atoms with Crippen molar-refractivity contribution in [1.29, 1.82) is 0 Å². The molecule has 0 radical (unpaired) electrons. The lowest BCUT2D eigenvalue weighted by atomic mass is 10.1. The minimum atomic E-state index is 0.551. The van der Waals surface area contributed by atoms with E-state index in [1.54, 1.807) is 0 Å². The van der Waals surface area contributed by atoms with Crippen molar-refractivity contribution in [1.82, 2.24) is 10.3 Å². The molecule has 0 amide bonds. The van der Waals surface area contributed by atoms with E-state index in [2.05, 4.69) is 44.1 Å². The molecule has 1 atom stereocenters. The fraction of sp³-hybridized carbons (Fsp3) is 0.583. The maximum atomic E-state index is 4.17. The maximum absolute atomic E-state index is 4.17. The van der Waals surface area contributed by atoms with E-state index in [0.717, 1.165) is 6.54 Å². The molecule has 1 aromatic rings. The third-order valence-corrected chi connectivity index (χ3v) is 2.56. The number of aryl methyl sites for hydroxylation is 1. The molecule has 0 spiro atoms. The Kier molecular flexibility index (Phi) is 4.08. The van der Waals surface area contributed by atoms with Gasteiger partial charge < -0.3 is 5.32 Å². The van der Waals surface area contributed by atoms with E-state index in [0.29, 0.717) is 12.0 Å². The summed E-state index contributed by atoms with van der Waals surface area (Å²) in [7, 11) is 0. The van der Waals surface area contributed by atoms with E-state index in [1.807, 2.05) is 12.4 Å². The highest BCUT2D eigenvalue weighted by Crippen LogP contribution is 2.04. The van der Waals surface area contributed by atoms with E-state index in [9.17, 15) is 0 Å². The summed E-state index contributed by atoms with van der Waals surface area (Å²) >= 11 is 0. The first-order valence-corrected chi connectivity index (χ1v) is 5.23. The Morgan fingerprint density at radius 1 is 1.29 bits per heavy atom. The molecule has 0 bridgehead atoms. The molecule has 2 nitrogen and oxygen atoms in total. The molecule has 0 aliphatic rings. The molecular weight excluding hydrogens is 172 g/mol. The average Bonchev–Trinajstić information content (AvgIpc) is 2.14. The lowest BCUT2D eigenvalue weighted by Crippen LogP contribution is -2.30. The van der Waals surface area contributed by atoms with Crippen molar-refractivity contribution in [2.75, 3.05) is 0 Å². The van der Waals surface area contributed by atoms with Crippen LogP contribution in [0.15, 0.2) is 18.5 Å². The largest absolute Gasteiger partial charge is 0.310 e. The van der Waals surface area contributed by atoms with Crippen LogP contribution in [0.4, 0.5) is 0 Å². The van der Waals surface area contributed by atoms with E-state index in [-0.39, 0.29) is 0 Å².